The maximum absolute atomic E-state index is 13.4. The molecular formula is C14H9F3O2S. The highest BCUT2D eigenvalue weighted by Gasteiger charge is 2.16. The number of ketones is 1. The normalized spacial score (nSPS) is 12.2. The van der Waals surface area contributed by atoms with Gasteiger partial charge in [0, 0.05) is 11.0 Å². The summed E-state index contributed by atoms with van der Waals surface area (Å²) in [5.41, 5.74) is -0.318. The third-order valence-corrected chi connectivity index (χ3v) is 3.89. The summed E-state index contributed by atoms with van der Waals surface area (Å²) < 4.78 is 50.7. The van der Waals surface area contributed by atoms with Crippen molar-refractivity contribution < 1.29 is 22.2 Å². The molecule has 20 heavy (non-hydrogen) atoms. The molecule has 0 fully saturated rings. The molecule has 0 spiro atoms. The number of hydrogen-bond donors (Lipinski definition) is 0. The van der Waals surface area contributed by atoms with Gasteiger partial charge in [-0.15, -0.1) is 0 Å². The standard InChI is InChI=1S/C14H9F3O2S/c15-9-1-4-11(5-2-9)20(19)8-14(18)12-6-3-10(16)7-13(12)17/h1-7H,8H2. The van der Waals surface area contributed by atoms with E-state index < -0.39 is 39.8 Å². The zero-order valence-corrected chi connectivity index (χ0v) is 10.9. The lowest BCUT2D eigenvalue weighted by Crippen LogP contribution is -2.13. The third kappa shape index (κ3) is 3.33. The molecule has 1 unspecified atom stereocenters. The van der Waals surface area contributed by atoms with Crippen LogP contribution in [0.1, 0.15) is 10.4 Å². The molecule has 2 rings (SSSR count). The van der Waals surface area contributed by atoms with Crippen molar-refractivity contribution in [1.29, 1.82) is 0 Å². The summed E-state index contributed by atoms with van der Waals surface area (Å²) in [6.07, 6.45) is 0. The molecular weight excluding hydrogens is 289 g/mol. The zero-order valence-electron chi connectivity index (χ0n) is 10.1. The molecule has 0 radical (unpaired) electrons. The van der Waals surface area contributed by atoms with Crippen LogP contribution in [-0.2, 0) is 10.8 Å². The Hall–Kier alpha value is -1.95. The maximum atomic E-state index is 13.4. The van der Waals surface area contributed by atoms with Crippen LogP contribution in [0, 0.1) is 17.5 Å². The van der Waals surface area contributed by atoms with Gasteiger partial charge in [0.05, 0.1) is 22.1 Å². The van der Waals surface area contributed by atoms with Gasteiger partial charge in [-0.2, -0.15) is 0 Å². The number of halogens is 3. The van der Waals surface area contributed by atoms with Crippen molar-refractivity contribution in [3.63, 3.8) is 0 Å². The van der Waals surface area contributed by atoms with E-state index in [1.54, 1.807) is 0 Å². The number of carbonyl (C=O) groups is 1. The molecule has 0 aliphatic carbocycles. The molecule has 0 saturated carbocycles. The fourth-order valence-corrected chi connectivity index (χ4v) is 2.58. The van der Waals surface area contributed by atoms with Gasteiger partial charge in [-0.1, -0.05) is 0 Å². The lowest BCUT2D eigenvalue weighted by Gasteiger charge is -2.03. The first-order valence-electron chi connectivity index (χ1n) is 5.59. The van der Waals surface area contributed by atoms with Crippen LogP contribution in [0.15, 0.2) is 47.4 Å². The Labute approximate surface area is 115 Å². The first-order chi connectivity index (χ1) is 9.47. The molecule has 2 aromatic carbocycles. The largest absolute Gasteiger partial charge is 0.293 e. The van der Waals surface area contributed by atoms with Crippen molar-refractivity contribution in [2.45, 2.75) is 4.90 Å². The van der Waals surface area contributed by atoms with E-state index >= 15 is 0 Å². The average molecular weight is 298 g/mol. The Morgan fingerprint density at radius 2 is 1.55 bits per heavy atom. The van der Waals surface area contributed by atoms with E-state index in [1.807, 2.05) is 0 Å². The smallest absolute Gasteiger partial charge is 0.178 e. The molecule has 6 heteroatoms. The van der Waals surface area contributed by atoms with E-state index in [4.69, 9.17) is 0 Å². The monoisotopic (exact) mass is 298 g/mol. The predicted molar refractivity (Wildman–Crippen MR) is 68.4 cm³/mol. The van der Waals surface area contributed by atoms with E-state index in [-0.39, 0.29) is 10.5 Å². The van der Waals surface area contributed by atoms with Crippen molar-refractivity contribution in [1.82, 2.24) is 0 Å². The molecule has 0 aromatic heterocycles. The van der Waals surface area contributed by atoms with Gasteiger partial charge < -0.3 is 0 Å². The first-order valence-corrected chi connectivity index (χ1v) is 6.91. The summed E-state index contributed by atoms with van der Waals surface area (Å²) >= 11 is 0. The minimum Gasteiger partial charge on any atom is -0.293 e. The molecule has 0 N–H and O–H groups in total. The van der Waals surface area contributed by atoms with Gasteiger partial charge >= 0.3 is 0 Å². The molecule has 2 aromatic rings. The van der Waals surface area contributed by atoms with Crippen LogP contribution in [0.5, 0.6) is 0 Å². The van der Waals surface area contributed by atoms with Crippen LogP contribution >= 0.6 is 0 Å². The number of rotatable bonds is 4. The Kier molecular flexibility index (Phi) is 4.34. The number of hydrogen-bond acceptors (Lipinski definition) is 2. The van der Waals surface area contributed by atoms with Gasteiger partial charge in [-0.3, -0.25) is 9.00 Å². The van der Waals surface area contributed by atoms with E-state index in [9.17, 15) is 22.2 Å². The van der Waals surface area contributed by atoms with Gasteiger partial charge in [-0.05, 0) is 36.4 Å². The lowest BCUT2D eigenvalue weighted by molar-refractivity contribution is 0.101. The van der Waals surface area contributed by atoms with E-state index in [0.29, 0.717) is 6.07 Å². The van der Waals surface area contributed by atoms with Crippen LogP contribution in [0.2, 0.25) is 0 Å². The highest BCUT2D eigenvalue weighted by atomic mass is 32.2. The molecule has 0 bridgehead atoms. The van der Waals surface area contributed by atoms with Crippen molar-refractivity contribution in [3.05, 3.63) is 65.5 Å². The minimum absolute atomic E-state index is 0.266. The second-order valence-electron chi connectivity index (χ2n) is 3.99. The van der Waals surface area contributed by atoms with Crippen LogP contribution in [0.25, 0.3) is 0 Å². The summed E-state index contributed by atoms with van der Waals surface area (Å²) in [5.74, 6) is -3.43. The number of benzene rings is 2. The quantitative estimate of drug-likeness (QED) is 0.813. The molecule has 0 saturated heterocycles. The van der Waals surface area contributed by atoms with Crippen LogP contribution < -0.4 is 0 Å². The zero-order chi connectivity index (χ0) is 14.7. The Morgan fingerprint density at radius 3 is 2.15 bits per heavy atom. The van der Waals surface area contributed by atoms with E-state index in [1.165, 1.54) is 12.1 Å². The summed E-state index contributed by atoms with van der Waals surface area (Å²) in [4.78, 5) is 12.1. The highest BCUT2D eigenvalue weighted by Crippen LogP contribution is 2.13. The molecule has 2 nitrogen and oxygen atoms in total. The Balaban J connectivity index is 2.15. The van der Waals surface area contributed by atoms with E-state index in [2.05, 4.69) is 0 Å². The summed E-state index contributed by atoms with van der Waals surface area (Å²) in [5, 5.41) is 0. The Bertz CT molecular complexity index is 669. The predicted octanol–water partition coefficient (Wildman–Crippen LogP) is 3.09. The molecule has 0 heterocycles. The van der Waals surface area contributed by atoms with Crippen molar-refractivity contribution >= 4 is 16.6 Å². The maximum Gasteiger partial charge on any atom is 0.178 e. The van der Waals surface area contributed by atoms with Crippen molar-refractivity contribution in [3.8, 4) is 0 Å². The van der Waals surface area contributed by atoms with Crippen LogP contribution in [0.4, 0.5) is 13.2 Å². The second kappa shape index (κ2) is 6.00. The molecule has 1 atom stereocenters. The fraction of sp³-hybridized carbons (Fsp3) is 0.0714. The summed E-state index contributed by atoms with van der Waals surface area (Å²) in [6.45, 7) is 0. The average Bonchev–Trinajstić information content (AvgIpc) is 2.39. The third-order valence-electron chi connectivity index (χ3n) is 2.57. The highest BCUT2D eigenvalue weighted by molar-refractivity contribution is 7.85. The van der Waals surface area contributed by atoms with Gasteiger partial charge in [0.25, 0.3) is 0 Å². The molecule has 0 aliphatic rings. The number of carbonyl (C=O) groups excluding carboxylic acids is 1. The second-order valence-corrected chi connectivity index (χ2v) is 5.44. The topological polar surface area (TPSA) is 34.1 Å². The lowest BCUT2D eigenvalue weighted by atomic mass is 10.1. The summed E-state index contributed by atoms with van der Waals surface area (Å²) in [6, 6.07) is 7.38. The van der Waals surface area contributed by atoms with Crippen LogP contribution in [0.3, 0.4) is 0 Å². The fourth-order valence-electron chi connectivity index (χ4n) is 1.58. The van der Waals surface area contributed by atoms with Gasteiger partial charge in [0.15, 0.2) is 5.78 Å². The molecule has 0 aliphatic heterocycles. The van der Waals surface area contributed by atoms with E-state index in [0.717, 1.165) is 24.3 Å². The molecule has 104 valence electrons. The van der Waals surface area contributed by atoms with Gasteiger partial charge in [0.1, 0.15) is 17.5 Å². The SMILES string of the molecule is O=C(CS(=O)c1ccc(F)cc1)c1ccc(F)cc1F. The molecule has 0 amide bonds. The first kappa shape index (κ1) is 14.5. The van der Waals surface area contributed by atoms with Crippen molar-refractivity contribution in [2.75, 3.05) is 5.75 Å². The van der Waals surface area contributed by atoms with Crippen LogP contribution in [-0.4, -0.2) is 15.7 Å². The van der Waals surface area contributed by atoms with Gasteiger partial charge in [-0.25, -0.2) is 13.2 Å². The van der Waals surface area contributed by atoms with Crippen molar-refractivity contribution in [2.24, 2.45) is 0 Å². The Morgan fingerprint density at radius 1 is 0.950 bits per heavy atom. The minimum atomic E-state index is -1.71. The number of Topliss-reactive ketones (excluding diaryl/α,β-unsaturated/α-hetero) is 1. The van der Waals surface area contributed by atoms with Gasteiger partial charge in [0.2, 0.25) is 0 Å². The summed E-state index contributed by atoms with van der Waals surface area (Å²) in [7, 11) is -1.71.